The van der Waals surface area contributed by atoms with Crippen LogP contribution in [-0.2, 0) is 23.9 Å². The lowest BCUT2D eigenvalue weighted by Crippen LogP contribution is -2.32. The number of hydrogen-bond donors (Lipinski definition) is 1. The number of nitrogens with one attached hydrogen (secondary N) is 1. The predicted molar refractivity (Wildman–Crippen MR) is 99.6 cm³/mol. The first-order valence-electron chi connectivity index (χ1n) is 8.46. The maximum atomic E-state index is 12.5. The molecule has 0 unspecified atom stereocenters. The standard InChI is InChI=1S/C20H23NO7/c1-10-16(19(23)26-5)18(17(11(2)21-10)20(24)27-6)13-7-8-14(28-12(3)22)15(9-13)25-4/h7-9,18,21H,1-6H3. The average Bonchev–Trinajstić information content (AvgIpc) is 2.66. The largest absolute Gasteiger partial charge is 0.493 e. The van der Waals surface area contributed by atoms with Crippen molar-refractivity contribution in [2.24, 2.45) is 0 Å². The number of methoxy groups -OCH3 is 3. The number of esters is 3. The summed E-state index contributed by atoms with van der Waals surface area (Å²) in [6, 6.07) is 4.82. The second kappa shape index (κ2) is 8.60. The molecule has 0 saturated carbocycles. The SMILES string of the molecule is COC(=O)C1=C(C)NC(C)=C(C(=O)OC)C1c1ccc(OC(C)=O)c(OC)c1. The Bertz CT molecular complexity index is 845. The smallest absolute Gasteiger partial charge is 0.336 e. The number of hydrogen-bond acceptors (Lipinski definition) is 8. The molecule has 8 nitrogen and oxygen atoms in total. The minimum absolute atomic E-state index is 0.230. The number of dihydropyridines is 1. The van der Waals surface area contributed by atoms with E-state index < -0.39 is 23.8 Å². The Hall–Kier alpha value is -3.29. The summed E-state index contributed by atoms with van der Waals surface area (Å²) in [6.45, 7) is 4.73. The molecule has 0 amide bonds. The third-order valence-electron chi connectivity index (χ3n) is 4.35. The monoisotopic (exact) mass is 389 g/mol. The van der Waals surface area contributed by atoms with Crippen LogP contribution in [0.5, 0.6) is 11.5 Å². The Morgan fingerprint density at radius 1 is 0.893 bits per heavy atom. The number of benzene rings is 1. The topological polar surface area (TPSA) is 100 Å². The summed E-state index contributed by atoms with van der Waals surface area (Å²) in [4.78, 5) is 36.3. The van der Waals surface area contributed by atoms with Crippen LogP contribution in [0.2, 0.25) is 0 Å². The molecular formula is C20H23NO7. The quantitative estimate of drug-likeness (QED) is 0.604. The van der Waals surface area contributed by atoms with E-state index in [0.29, 0.717) is 17.0 Å². The van der Waals surface area contributed by atoms with Crippen LogP contribution in [-0.4, -0.2) is 39.2 Å². The zero-order valence-electron chi connectivity index (χ0n) is 16.7. The van der Waals surface area contributed by atoms with Crippen molar-refractivity contribution in [3.8, 4) is 11.5 Å². The van der Waals surface area contributed by atoms with Crippen molar-refractivity contribution >= 4 is 17.9 Å². The van der Waals surface area contributed by atoms with Crippen LogP contribution < -0.4 is 14.8 Å². The van der Waals surface area contributed by atoms with E-state index in [1.165, 1.54) is 28.3 Å². The Morgan fingerprint density at radius 3 is 1.86 bits per heavy atom. The summed E-state index contributed by atoms with van der Waals surface area (Å²) >= 11 is 0. The fraction of sp³-hybridized carbons (Fsp3) is 0.350. The Morgan fingerprint density at radius 2 is 1.43 bits per heavy atom. The lowest BCUT2D eigenvalue weighted by Gasteiger charge is -2.30. The number of allylic oxidation sites excluding steroid dienone is 2. The van der Waals surface area contributed by atoms with E-state index in [9.17, 15) is 14.4 Å². The van der Waals surface area contributed by atoms with Gasteiger partial charge in [0.1, 0.15) is 0 Å². The third-order valence-corrected chi connectivity index (χ3v) is 4.35. The van der Waals surface area contributed by atoms with E-state index in [-0.39, 0.29) is 22.6 Å². The van der Waals surface area contributed by atoms with Crippen molar-refractivity contribution in [1.82, 2.24) is 5.32 Å². The highest BCUT2D eigenvalue weighted by Crippen LogP contribution is 2.41. The molecule has 1 aromatic rings. The molecule has 2 rings (SSSR count). The lowest BCUT2D eigenvalue weighted by molar-refractivity contribution is -0.137. The zero-order chi connectivity index (χ0) is 21.0. The van der Waals surface area contributed by atoms with E-state index in [0.717, 1.165) is 0 Å². The maximum Gasteiger partial charge on any atom is 0.336 e. The van der Waals surface area contributed by atoms with Crippen molar-refractivity contribution in [1.29, 1.82) is 0 Å². The van der Waals surface area contributed by atoms with Crippen molar-refractivity contribution in [2.45, 2.75) is 26.7 Å². The first-order valence-corrected chi connectivity index (χ1v) is 8.46. The average molecular weight is 389 g/mol. The van der Waals surface area contributed by atoms with Gasteiger partial charge in [-0.05, 0) is 31.5 Å². The normalized spacial score (nSPS) is 14.4. The van der Waals surface area contributed by atoms with Gasteiger partial charge in [0, 0.05) is 18.3 Å². The predicted octanol–water partition coefficient (Wildman–Crippen LogP) is 2.20. The highest BCUT2D eigenvalue weighted by Gasteiger charge is 2.38. The van der Waals surface area contributed by atoms with Crippen LogP contribution in [0.25, 0.3) is 0 Å². The van der Waals surface area contributed by atoms with Gasteiger partial charge in [0.2, 0.25) is 0 Å². The molecule has 150 valence electrons. The molecule has 1 aliphatic rings. The van der Waals surface area contributed by atoms with Crippen LogP contribution in [0.15, 0.2) is 40.7 Å². The van der Waals surface area contributed by atoms with Crippen molar-refractivity contribution in [3.05, 3.63) is 46.3 Å². The second-order valence-corrected chi connectivity index (χ2v) is 6.12. The second-order valence-electron chi connectivity index (χ2n) is 6.12. The molecule has 1 N–H and O–H groups in total. The molecule has 1 heterocycles. The van der Waals surface area contributed by atoms with Crippen LogP contribution in [0, 0.1) is 0 Å². The summed E-state index contributed by atoms with van der Waals surface area (Å²) in [5.41, 5.74) is 2.25. The van der Waals surface area contributed by atoms with E-state index >= 15 is 0 Å². The van der Waals surface area contributed by atoms with Gasteiger partial charge in [-0.1, -0.05) is 6.07 Å². The lowest BCUT2D eigenvalue weighted by atomic mass is 9.80. The summed E-state index contributed by atoms with van der Waals surface area (Å²) in [5.74, 6) is -1.88. The molecule has 0 saturated heterocycles. The summed E-state index contributed by atoms with van der Waals surface area (Å²) < 4.78 is 20.3. The molecule has 0 radical (unpaired) electrons. The summed E-state index contributed by atoms with van der Waals surface area (Å²) in [5, 5.41) is 3.03. The molecule has 0 bridgehead atoms. The number of ether oxygens (including phenoxy) is 4. The number of carbonyl (C=O) groups excluding carboxylic acids is 3. The van der Waals surface area contributed by atoms with Gasteiger partial charge in [0.15, 0.2) is 11.5 Å². The van der Waals surface area contributed by atoms with Crippen LogP contribution in [0.3, 0.4) is 0 Å². The van der Waals surface area contributed by atoms with Gasteiger partial charge in [-0.15, -0.1) is 0 Å². The molecule has 0 aliphatic carbocycles. The maximum absolute atomic E-state index is 12.5. The molecule has 0 aromatic heterocycles. The Labute approximate surface area is 163 Å². The van der Waals surface area contributed by atoms with E-state index in [1.54, 1.807) is 32.0 Å². The van der Waals surface area contributed by atoms with E-state index in [2.05, 4.69) is 5.32 Å². The molecule has 0 spiro atoms. The zero-order valence-corrected chi connectivity index (χ0v) is 16.7. The van der Waals surface area contributed by atoms with Gasteiger partial charge in [0.25, 0.3) is 0 Å². The molecule has 0 atom stereocenters. The molecule has 0 fully saturated rings. The van der Waals surface area contributed by atoms with Gasteiger partial charge in [0.05, 0.1) is 38.4 Å². The Balaban J connectivity index is 2.70. The first-order chi connectivity index (χ1) is 13.2. The fourth-order valence-electron chi connectivity index (χ4n) is 3.19. The third kappa shape index (κ3) is 4.00. The molecule has 8 heteroatoms. The molecule has 28 heavy (non-hydrogen) atoms. The minimum Gasteiger partial charge on any atom is -0.493 e. The summed E-state index contributed by atoms with van der Waals surface area (Å²) in [6.07, 6.45) is 0. The van der Waals surface area contributed by atoms with Gasteiger partial charge in [-0.2, -0.15) is 0 Å². The fourth-order valence-corrected chi connectivity index (χ4v) is 3.19. The highest BCUT2D eigenvalue weighted by molar-refractivity contribution is 5.99. The van der Waals surface area contributed by atoms with Crippen LogP contribution in [0.1, 0.15) is 32.3 Å². The van der Waals surface area contributed by atoms with E-state index in [1.807, 2.05) is 0 Å². The van der Waals surface area contributed by atoms with Crippen LogP contribution >= 0.6 is 0 Å². The van der Waals surface area contributed by atoms with Gasteiger partial charge in [-0.3, -0.25) is 4.79 Å². The Kier molecular flexibility index (Phi) is 6.45. The number of rotatable bonds is 5. The highest BCUT2D eigenvalue weighted by atomic mass is 16.6. The van der Waals surface area contributed by atoms with Crippen LogP contribution in [0.4, 0.5) is 0 Å². The van der Waals surface area contributed by atoms with Crippen molar-refractivity contribution in [2.75, 3.05) is 21.3 Å². The van der Waals surface area contributed by atoms with Gasteiger partial charge in [-0.25, -0.2) is 9.59 Å². The van der Waals surface area contributed by atoms with Crippen molar-refractivity contribution < 1.29 is 33.3 Å². The molecule has 1 aromatic carbocycles. The van der Waals surface area contributed by atoms with E-state index in [4.69, 9.17) is 18.9 Å². The van der Waals surface area contributed by atoms with Gasteiger partial charge < -0.3 is 24.3 Å². The first kappa shape index (κ1) is 21.0. The summed E-state index contributed by atoms with van der Waals surface area (Å²) in [7, 11) is 3.97. The van der Waals surface area contributed by atoms with Crippen molar-refractivity contribution in [3.63, 3.8) is 0 Å². The van der Waals surface area contributed by atoms with Gasteiger partial charge >= 0.3 is 17.9 Å². The minimum atomic E-state index is -0.749. The molecule has 1 aliphatic heterocycles. The molecular weight excluding hydrogens is 366 g/mol. The number of carbonyl (C=O) groups is 3.